The van der Waals surface area contributed by atoms with Gasteiger partial charge in [0.1, 0.15) is 5.69 Å². The van der Waals surface area contributed by atoms with Crippen molar-refractivity contribution in [3.05, 3.63) is 17.7 Å². The summed E-state index contributed by atoms with van der Waals surface area (Å²) in [6, 6.07) is 0. The Morgan fingerprint density at radius 1 is 1.67 bits per heavy atom. The molecule has 1 amide bonds. The molecule has 1 atom stereocenters. The molecule has 2 saturated heterocycles. The van der Waals surface area contributed by atoms with Crippen molar-refractivity contribution in [2.75, 3.05) is 26.0 Å². The van der Waals surface area contributed by atoms with E-state index in [9.17, 15) is 4.79 Å². The Morgan fingerprint density at radius 3 is 3.00 bits per heavy atom. The van der Waals surface area contributed by atoms with Crippen molar-refractivity contribution in [1.29, 1.82) is 0 Å². The Balaban J connectivity index is 1.63. The van der Waals surface area contributed by atoms with Crippen molar-refractivity contribution in [3.63, 3.8) is 0 Å². The van der Waals surface area contributed by atoms with Gasteiger partial charge in [-0.05, 0) is 13.3 Å². The molecule has 0 aromatic carbocycles. The number of hydrogen-bond donors (Lipinski definition) is 1. The molecule has 0 saturated carbocycles. The molecular weight excluding hydrogens is 250 g/mol. The number of ether oxygens (including phenoxy) is 1. The van der Waals surface area contributed by atoms with E-state index in [1.807, 2.05) is 23.6 Å². The minimum absolute atomic E-state index is 0.0424. The van der Waals surface area contributed by atoms with Crippen molar-refractivity contribution in [3.8, 4) is 0 Å². The lowest BCUT2D eigenvalue weighted by Crippen LogP contribution is -2.60. The third-order valence-corrected chi connectivity index (χ3v) is 5.36. The molecular formula is C12H17N3O2S. The number of nitrogens with one attached hydrogen (secondary N) is 1. The predicted molar refractivity (Wildman–Crippen MR) is 69.8 cm³/mol. The first kappa shape index (κ1) is 12.0. The van der Waals surface area contributed by atoms with Crippen LogP contribution in [0.3, 0.4) is 0 Å². The minimum atomic E-state index is 0.0424. The quantitative estimate of drug-likeness (QED) is 0.870. The Hall–Kier alpha value is -1.01. The van der Waals surface area contributed by atoms with E-state index in [0.29, 0.717) is 11.8 Å². The van der Waals surface area contributed by atoms with Gasteiger partial charge in [0.15, 0.2) is 0 Å². The second kappa shape index (κ2) is 4.28. The Kier molecular flexibility index (Phi) is 2.86. The van der Waals surface area contributed by atoms with Crippen molar-refractivity contribution in [1.82, 2.24) is 14.9 Å². The maximum Gasteiger partial charge on any atom is 0.274 e. The van der Waals surface area contributed by atoms with Gasteiger partial charge in [-0.1, -0.05) is 0 Å². The average Bonchev–Trinajstić information content (AvgIpc) is 2.92. The number of amides is 1. The number of nitrogens with zero attached hydrogens (tertiary/aromatic N) is 2. The van der Waals surface area contributed by atoms with Gasteiger partial charge in [-0.25, -0.2) is 4.98 Å². The van der Waals surface area contributed by atoms with Gasteiger partial charge in [0.2, 0.25) is 0 Å². The highest BCUT2D eigenvalue weighted by Crippen LogP contribution is 2.46. The van der Waals surface area contributed by atoms with E-state index in [4.69, 9.17) is 4.74 Å². The lowest BCUT2D eigenvalue weighted by Gasteiger charge is -2.47. The Labute approximate surface area is 110 Å². The van der Waals surface area contributed by atoms with Gasteiger partial charge in [0.05, 0.1) is 17.2 Å². The molecule has 6 heteroatoms. The van der Waals surface area contributed by atoms with E-state index in [2.05, 4.69) is 9.97 Å². The summed E-state index contributed by atoms with van der Waals surface area (Å²) in [6.07, 6.45) is 2.97. The van der Waals surface area contributed by atoms with Gasteiger partial charge in [-0.2, -0.15) is 0 Å². The molecule has 0 radical (unpaired) electrons. The fourth-order valence-electron chi connectivity index (χ4n) is 2.69. The number of aromatic amines is 1. The smallest absolute Gasteiger partial charge is 0.274 e. The summed E-state index contributed by atoms with van der Waals surface area (Å²) in [5.74, 6) is 1.08. The molecule has 0 unspecified atom stereocenters. The van der Waals surface area contributed by atoms with Crippen LogP contribution in [0.25, 0.3) is 0 Å². The first-order valence-corrected chi connectivity index (χ1v) is 7.08. The summed E-state index contributed by atoms with van der Waals surface area (Å²) in [6.45, 7) is 3.52. The number of H-pyrrole nitrogens is 1. The third kappa shape index (κ3) is 1.83. The molecule has 18 heavy (non-hydrogen) atoms. The Bertz CT molecular complexity index is 468. The fraction of sp³-hybridized carbons (Fsp3) is 0.667. The summed E-state index contributed by atoms with van der Waals surface area (Å²) in [5, 5.41) is 0. The van der Waals surface area contributed by atoms with Crippen LogP contribution >= 0.6 is 11.8 Å². The number of aryl methyl sites for hydroxylation is 1. The summed E-state index contributed by atoms with van der Waals surface area (Å²) < 4.78 is 5.62. The standard InChI is InChI=1S/C12H17N3O2S/c1-8-10(14-7-13-8)11(16)15-5-12(6-15)3-9(17-2)4-18-12/h7,9H,3-6H2,1-2H3,(H,13,14)/t9-/m1/s1. The SMILES string of the molecule is CO[C@H]1CSC2(C1)CN(C(=O)c1nc[nH]c1C)C2. The number of aromatic nitrogens is 2. The highest BCUT2D eigenvalue weighted by Gasteiger charge is 2.51. The maximum absolute atomic E-state index is 12.2. The Morgan fingerprint density at radius 2 is 2.44 bits per heavy atom. The second-order valence-electron chi connectivity index (χ2n) is 5.09. The van der Waals surface area contributed by atoms with Crippen LogP contribution in [0.4, 0.5) is 0 Å². The normalized spacial score (nSPS) is 25.4. The molecule has 0 bridgehead atoms. The molecule has 2 aliphatic heterocycles. The molecule has 1 aromatic rings. The zero-order valence-corrected chi connectivity index (χ0v) is 11.4. The van der Waals surface area contributed by atoms with E-state index < -0.39 is 0 Å². The number of likely N-dealkylation sites (tertiary alicyclic amines) is 1. The summed E-state index contributed by atoms with van der Waals surface area (Å²) >= 11 is 1.94. The largest absolute Gasteiger partial charge is 0.381 e. The van der Waals surface area contributed by atoms with E-state index in [-0.39, 0.29) is 10.7 Å². The van der Waals surface area contributed by atoms with Gasteiger partial charge in [-0.15, -0.1) is 11.8 Å². The molecule has 5 nitrogen and oxygen atoms in total. The number of hydrogen-bond acceptors (Lipinski definition) is 4. The lowest BCUT2D eigenvalue weighted by molar-refractivity contribution is 0.0446. The van der Waals surface area contributed by atoms with Gasteiger partial charge < -0.3 is 14.6 Å². The molecule has 2 aliphatic rings. The summed E-state index contributed by atoms with van der Waals surface area (Å²) in [4.78, 5) is 21.1. The number of carbonyl (C=O) groups is 1. The van der Waals surface area contributed by atoms with Crippen LogP contribution < -0.4 is 0 Å². The number of methoxy groups -OCH3 is 1. The van der Waals surface area contributed by atoms with Crippen LogP contribution in [0.5, 0.6) is 0 Å². The zero-order valence-electron chi connectivity index (χ0n) is 10.6. The number of rotatable bonds is 2. The van der Waals surface area contributed by atoms with Crippen molar-refractivity contribution < 1.29 is 9.53 Å². The highest BCUT2D eigenvalue weighted by molar-refractivity contribution is 8.01. The third-order valence-electron chi connectivity index (χ3n) is 3.79. The average molecular weight is 267 g/mol. The van der Waals surface area contributed by atoms with E-state index in [1.165, 1.54) is 0 Å². The molecule has 1 N–H and O–H groups in total. The van der Waals surface area contributed by atoms with E-state index in [0.717, 1.165) is 31.0 Å². The monoisotopic (exact) mass is 267 g/mol. The topological polar surface area (TPSA) is 58.2 Å². The van der Waals surface area contributed by atoms with Crippen LogP contribution in [-0.4, -0.2) is 57.6 Å². The number of thioether (sulfide) groups is 1. The van der Waals surface area contributed by atoms with Crippen molar-refractivity contribution in [2.24, 2.45) is 0 Å². The maximum atomic E-state index is 12.2. The second-order valence-corrected chi connectivity index (χ2v) is 6.58. The molecule has 3 heterocycles. The molecule has 3 rings (SSSR count). The van der Waals surface area contributed by atoms with Gasteiger partial charge in [0.25, 0.3) is 5.91 Å². The van der Waals surface area contributed by atoms with Gasteiger partial charge in [0, 0.05) is 31.6 Å². The fourth-order valence-corrected chi connectivity index (χ4v) is 4.28. The zero-order chi connectivity index (χ0) is 12.8. The number of imidazole rings is 1. The predicted octanol–water partition coefficient (Wildman–Crippen LogP) is 1.06. The van der Waals surface area contributed by atoms with Crippen LogP contribution in [0.15, 0.2) is 6.33 Å². The molecule has 0 aliphatic carbocycles. The van der Waals surface area contributed by atoms with E-state index >= 15 is 0 Å². The van der Waals surface area contributed by atoms with Crippen LogP contribution in [-0.2, 0) is 4.74 Å². The van der Waals surface area contributed by atoms with Crippen LogP contribution in [0, 0.1) is 6.92 Å². The molecule has 2 fully saturated rings. The summed E-state index contributed by atoms with van der Waals surface area (Å²) in [5.41, 5.74) is 1.39. The summed E-state index contributed by atoms with van der Waals surface area (Å²) in [7, 11) is 1.76. The minimum Gasteiger partial charge on any atom is -0.381 e. The molecule has 1 spiro atoms. The van der Waals surface area contributed by atoms with E-state index in [1.54, 1.807) is 13.4 Å². The lowest BCUT2D eigenvalue weighted by atomic mass is 9.92. The van der Waals surface area contributed by atoms with Crippen molar-refractivity contribution >= 4 is 17.7 Å². The van der Waals surface area contributed by atoms with Crippen LogP contribution in [0.2, 0.25) is 0 Å². The van der Waals surface area contributed by atoms with Crippen LogP contribution in [0.1, 0.15) is 22.6 Å². The van der Waals surface area contributed by atoms with Gasteiger partial charge in [-0.3, -0.25) is 4.79 Å². The highest BCUT2D eigenvalue weighted by atomic mass is 32.2. The number of carbonyl (C=O) groups excluding carboxylic acids is 1. The molecule has 1 aromatic heterocycles. The first-order valence-electron chi connectivity index (χ1n) is 6.09. The molecule has 98 valence electrons. The first-order chi connectivity index (χ1) is 8.63. The van der Waals surface area contributed by atoms with Crippen molar-refractivity contribution in [2.45, 2.75) is 24.2 Å². The van der Waals surface area contributed by atoms with Gasteiger partial charge >= 0.3 is 0 Å².